The number of hydrogen-bond donors (Lipinski definition) is 1. The lowest BCUT2D eigenvalue weighted by molar-refractivity contribution is 0.316. The molecule has 0 aliphatic heterocycles. The Morgan fingerprint density at radius 1 is 1.10 bits per heavy atom. The first-order valence-electron chi connectivity index (χ1n) is 6.81. The summed E-state index contributed by atoms with van der Waals surface area (Å²) in [6.45, 7) is 8.61. The topological polar surface area (TPSA) is 28.2 Å². The standard InChI is InChI=1S/C15H21N3S.2ClH/c1-3-18(4-2)11-10-16-15-17-12-14(19-15)13-8-6-5-7-9-13;;/h5-9,12H,3-4,10-11H2,1-2H3,(H,16,17);2*1H. The first kappa shape index (κ1) is 20.2. The number of halogens is 2. The van der Waals surface area contributed by atoms with E-state index in [2.05, 4.69) is 53.3 Å². The summed E-state index contributed by atoms with van der Waals surface area (Å²) in [6.07, 6.45) is 1.94. The van der Waals surface area contributed by atoms with E-state index in [9.17, 15) is 0 Å². The molecule has 0 aliphatic rings. The van der Waals surface area contributed by atoms with Gasteiger partial charge in [-0.25, -0.2) is 4.98 Å². The second-order valence-electron chi connectivity index (χ2n) is 4.35. The Balaban J connectivity index is 0.00000200. The highest BCUT2D eigenvalue weighted by Crippen LogP contribution is 2.28. The second kappa shape index (κ2) is 10.9. The molecule has 21 heavy (non-hydrogen) atoms. The summed E-state index contributed by atoms with van der Waals surface area (Å²) in [5.41, 5.74) is 1.23. The van der Waals surface area contributed by atoms with Gasteiger partial charge >= 0.3 is 0 Å². The number of hydrogen-bond acceptors (Lipinski definition) is 4. The predicted molar refractivity (Wildman–Crippen MR) is 98.3 cm³/mol. The van der Waals surface area contributed by atoms with Crippen LogP contribution in [0.4, 0.5) is 5.13 Å². The maximum absolute atomic E-state index is 4.43. The van der Waals surface area contributed by atoms with Gasteiger partial charge in [0.05, 0.1) is 4.88 Å². The zero-order chi connectivity index (χ0) is 13.5. The Labute approximate surface area is 143 Å². The van der Waals surface area contributed by atoms with Gasteiger partial charge in [-0.1, -0.05) is 55.5 Å². The van der Waals surface area contributed by atoms with Crippen molar-refractivity contribution in [3.8, 4) is 10.4 Å². The van der Waals surface area contributed by atoms with E-state index in [1.165, 1.54) is 10.4 Å². The maximum Gasteiger partial charge on any atom is 0.183 e. The molecule has 118 valence electrons. The minimum atomic E-state index is 0. The van der Waals surface area contributed by atoms with Gasteiger partial charge in [-0.2, -0.15) is 0 Å². The summed E-state index contributed by atoms with van der Waals surface area (Å²) >= 11 is 1.71. The Morgan fingerprint density at radius 2 is 1.76 bits per heavy atom. The smallest absolute Gasteiger partial charge is 0.183 e. The molecule has 0 amide bonds. The van der Waals surface area contributed by atoms with E-state index in [-0.39, 0.29) is 24.8 Å². The number of thiazole rings is 1. The largest absolute Gasteiger partial charge is 0.360 e. The molecular weight excluding hydrogens is 325 g/mol. The van der Waals surface area contributed by atoms with Crippen LogP contribution in [0.15, 0.2) is 36.5 Å². The molecule has 2 rings (SSSR count). The van der Waals surface area contributed by atoms with Crippen LogP contribution in [-0.4, -0.2) is 36.1 Å². The van der Waals surface area contributed by atoms with Crippen LogP contribution in [0.3, 0.4) is 0 Å². The van der Waals surface area contributed by atoms with E-state index in [0.29, 0.717) is 0 Å². The summed E-state index contributed by atoms with van der Waals surface area (Å²) in [4.78, 5) is 8.05. The van der Waals surface area contributed by atoms with Gasteiger partial charge in [0, 0.05) is 19.3 Å². The third-order valence-corrected chi connectivity index (χ3v) is 4.17. The number of nitrogens with one attached hydrogen (secondary N) is 1. The number of nitrogens with zero attached hydrogens (tertiary/aromatic N) is 2. The van der Waals surface area contributed by atoms with Gasteiger partial charge in [-0.05, 0) is 18.7 Å². The summed E-state index contributed by atoms with van der Waals surface area (Å²) < 4.78 is 0. The fourth-order valence-corrected chi connectivity index (χ4v) is 2.80. The minimum Gasteiger partial charge on any atom is -0.360 e. The predicted octanol–water partition coefficient (Wildman–Crippen LogP) is 4.41. The van der Waals surface area contributed by atoms with Crippen molar-refractivity contribution in [1.29, 1.82) is 0 Å². The zero-order valence-corrected chi connectivity index (χ0v) is 14.9. The number of rotatable bonds is 7. The van der Waals surface area contributed by atoms with E-state index in [4.69, 9.17) is 0 Å². The Morgan fingerprint density at radius 3 is 2.38 bits per heavy atom. The SMILES string of the molecule is CCN(CC)CCNc1ncc(-c2ccccc2)s1.Cl.Cl. The molecule has 0 saturated heterocycles. The van der Waals surface area contributed by atoms with Crippen molar-refractivity contribution in [2.24, 2.45) is 0 Å². The lowest BCUT2D eigenvalue weighted by Gasteiger charge is -2.17. The number of likely N-dealkylation sites (N-methyl/N-ethyl adjacent to an activating group) is 1. The van der Waals surface area contributed by atoms with E-state index < -0.39 is 0 Å². The molecule has 0 atom stereocenters. The van der Waals surface area contributed by atoms with Gasteiger partial charge in [0.1, 0.15) is 0 Å². The first-order valence-corrected chi connectivity index (χ1v) is 7.62. The third-order valence-electron chi connectivity index (χ3n) is 3.16. The van der Waals surface area contributed by atoms with Crippen LogP contribution in [-0.2, 0) is 0 Å². The van der Waals surface area contributed by atoms with Gasteiger partial charge < -0.3 is 10.2 Å². The summed E-state index contributed by atoms with van der Waals surface area (Å²) in [5.74, 6) is 0. The third kappa shape index (κ3) is 6.22. The van der Waals surface area contributed by atoms with E-state index in [0.717, 1.165) is 31.3 Å². The van der Waals surface area contributed by atoms with E-state index in [1.807, 2.05) is 12.3 Å². The first-order chi connectivity index (χ1) is 9.33. The molecule has 6 heteroatoms. The molecule has 3 nitrogen and oxygen atoms in total. The van der Waals surface area contributed by atoms with Crippen molar-refractivity contribution in [3.63, 3.8) is 0 Å². The normalized spacial score (nSPS) is 9.86. The lowest BCUT2D eigenvalue weighted by Crippen LogP contribution is -2.28. The molecule has 1 N–H and O–H groups in total. The Bertz CT molecular complexity index is 487. The number of aromatic nitrogens is 1. The van der Waals surface area contributed by atoms with Crippen LogP contribution in [0.1, 0.15) is 13.8 Å². The average Bonchev–Trinajstić information content (AvgIpc) is 2.93. The van der Waals surface area contributed by atoms with Gasteiger partial charge in [0.25, 0.3) is 0 Å². The molecule has 0 fully saturated rings. The highest BCUT2D eigenvalue weighted by atomic mass is 35.5. The molecule has 1 aromatic heterocycles. The van der Waals surface area contributed by atoms with Crippen LogP contribution in [0.25, 0.3) is 10.4 Å². The average molecular weight is 348 g/mol. The van der Waals surface area contributed by atoms with Crippen molar-refractivity contribution < 1.29 is 0 Å². The van der Waals surface area contributed by atoms with Crippen LogP contribution in [0, 0.1) is 0 Å². The van der Waals surface area contributed by atoms with Crippen molar-refractivity contribution in [1.82, 2.24) is 9.88 Å². The van der Waals surface area contributed by atoms with Crippen LogP contribution in [0.5, 0.6) is 0 Å². The van der Waals surface area contributed by atoms with E-state index in [1.54, 1.807) is 11.3 Å². The quantitative estimate of drug-likeness (QED) is 0.803. The molecule has 1 aromatic carbocycles. The highest BCUT2D eigenvalue weighted by Gasteiger charge is 2.04. The Hall–Kier alpha value is -0.810. The summed E-state index contributed by atoms with van der Waals surface area (Å²) in [5, 5.41) is 4.41. The van der Waals surface area contributed by atoms with Crippen LogP contribution >= 0.6 is 36.2 Å². The number of anilines is 1. The Kier molecular flexibility index (Phi) is 10.4. The fourth-order valence-electron chi connectivity index (χ4n) is 1.95. The molecule has 2 aromatic rings. The van der Waals surface area contributed by atoms with Crippen molar-refractivity contribution >= 4 is 41.3 Å². The van der Waals surface area contributed by atoms with Crippen molar-refractivity contribution in [3.05, 3.63) is 36.5 Å². The molecule has 0 saturated carbocycles. The van der Waals surface area contributed by atoms with Gasteiger partial charge in [-0.3, -0.25) is 0 Å². The van der Waals surface area contributed by atoms with Crippen LogP contribution < -0.4 is 5.32 Å². The van der Waals surface area contributed by atoms with Crippen molar-refractivity contribution in [2.45, 2.75) is 13.8 Å². The number of benzene rings is 1. The maximum atomic E-state index is 4.43. The summed E-state index contributed by atoms with van der Waals surface area (Å²) in [6, 6.07) is 10.4. The molecule has 0 spiro atoms. The van der Waals surface area contributed by atoms with Gasteiger partial charge in [0.15, 0.2) is 5.13 Å². The highest BCUT2D eigenvalue weighted by molar-refractivity contribution is 7.18. The molecule has 0 aliphatic carbocycles. The van der Waals surface area contributed by atoms with Gasteiger partial charge in [-0.15, -0.1) is 24.8 Å². The molecule has 0 radical (unpaired) electrons. The molecule has 1 heterocycles. The zero-order valence-electron chi connectivity index (χ0n) is 12.4. The molecule has 0 unspecified atom stereocenters. The summed E-state index contributed by atoms with van der Waals surface area (Å²) in [7, 11) is 0. The minimum absolute atomic E-state index is 0. The van der Waals surface area contributed by atoms with Gasteiger partial charge in [0.2, 0.25) is 0 Å². The monoisotopic (exact) mass is 347 g/mol. The van der Waals surface area contributed by atoms with Crippen molar-refractivity contribution in [2.75, 3.05) is 31.5 Å². The molecule has 0 bridgehead atoms. The lowest BCUT2D eigenvalue weighted by atomic mass is 10.2. The molecular formula is C15H23Cl2N3S. The fraction of sp³-hybridized carbons (Fsp3) is 0.400. The second-order valence-corrected chi connectivity index (χ2v) is 5.38. The van der Waals surface area contributed by atoms with E-state index >= 15 is 0 Å². The van der Waals surface area contributed by atoms with Crippen LogP contribution in [0.2, 0.25) is 0 Å².